The topological polar surface area (TPSA) is 15.7 Å². The molecule has 2 atom stereocenters. The molecule has 0 aromatic carbocycles. The van der Waals surface area contributed by atoms with Gasteiger partial charge in [0.05, 0.1) is 0 Å². The maximum Gasteiger partial charge on any atom is 0.109 e. The fourth-order valence-corrected chi connectivity index (χ4v) is 2.08. The van der Waals surface area contributed by atoms with Crippen molar-refractivity contribution in [3.63, 3.8) is 0 Å². The van der Waals surface area contributed by atoms with E-state index in [0.29, 0.717) is 0 Å². The van der Waals surface area contributed by atoms with Gasteiger partial charge in [-0.1, -0.05) is 39.5 Å². The van der Waals surface area contributed by atoms with Crippen molar-refractivity contribution in [2.24, 2.45) is 0 Å². The molecule has 0 saturated carbocycles. The highest BCUT2D eigenvalue weighted by Crippen LogP contribution is 2.08. The third-order valence-corrected chi connectivity index (χ3v) is 3.86. The Morgan fingerprint density at radius 3 is 1.42 bits per heavy atom. The average molecular weight is 272 g/mol. The Hall–Kier alpha value is -0.120. The summed E-state index contributed by atoms with van der Waals surface area (Å²) in [6.45, 7) is 11.0. The predicted octanol–water partition coefficient (Wildman–Crippen LogP) is 3.94. The van der Waals surface area contributed by atoms with Crippen molar-refractivity contribution < 1.29 is 4.74 Å². The second-order valence-corrected chi connectivity index (χ2v) is 5.71. The van der Waals surface area contributed by atoms with E-state index < -0.39 is 0 Å². The first-order chi connectivity index (χ1) is 9.02. The molecule has 0 amide bonds. The van der Waals surface area contributed by atoms with Crippen LogP contribution in [0, 0.1) is 0 Å². The van der Waals surface area contributed by atoms with E-state index in [4.69, 9.17) is 4.74 Å². The minimum absolute atomic E-state index is 0.195. The standard InChI is InChI=1S/C16H36N2O/c1-7-9-11-13-17(5)15(3)19-16(4)18(6)14-12-10-8-2/h15-16H,7-14H2,1-6H3. The minimum Gasteiger partial charge on any atom is -0.345 e. The lowest BCUT2D eigenvalue weighted by molar-refractivity contribution is -0.126. The van der Waals surface area contributed by atoms with Gasteiger partial charge in [-0.15, -0.1) is 0 Å². The lowest BCUT2D eigenvalue weighted by Gasteiger charge is -2.32. The van der Waals surface area contributed by atoms with Crippen LogP contribution in [0.15, 0.2) is 0 Å². The molecule has 0 N–H and O–H groups in total. The Labute approximate surface area is 121 Å². The van der Waals surface area contributed by atoms with Gasteiger partial charge in [0.1, 0.15) is 12.5 Å². The molecule has 2 unspecified atom stereocenters. The zero-order valence-electron chi connectivity index (χ0n) is 14.1. The summed E-state index contributed by atoms with van der Waals surface area (Å²) < 4.78 is 6.09. The van der Waals surface area contributed by atoms with Crippen molar-refractivity contribution >= 4 is 0 Å². The molecule has 0 heterocycles. The number of unbranched alkanes of at least 4 members (excludes halogenated alkanes) is 4. The molecule has 19 heavy (non-hydrogen) atoms. The van der Waals surface area contributed by atoms with Crippen LogP contribution in [0.3, 0.4) is 0 Å². The smallest absolute Gasteiger partial charge is 0.109 e. The Bertz CT molecular complexity index is 179. The normalized spacial score (nSPS) is 15.2. The van der Waals surface area contributed by atoms with E-state index in [1.54, 1.807) is 0 Å². The van der Waals surface area contributed by atoms with Gasteiger partial charge in [0, 0.05) is 13.1 Å². The molecular weight excluding hydrogens is 236 g/mol. The molecule has 0 aliphatic rings. The molecule has 0 aromatic heterocycles. The van der Waals surface area contributed by atoms with Gasteiger partial charge in [0.15, 0.2) is 0 Å². The van der Waals surface area contributed by atoms with Crippen LogP contribution >= 0.6 is 0 Å². The number of hydrogen-bond acceptors (Lipinski definition) is 3. The molecule has 0 aliphatic carbocycles. The number of ether oxygens (including phenoxy) is 1. The van der Waals surface area contributed by atoms with Gasteiger partial charge in [-0.3, -0.25) is 9.80 Å². The third-order valence-electron chi connectivity index (χ3n) is 3.86. The van der Waals surface area contributed by atoms with Crippen molar-refractivity contribution in [3.05, 3.63) is 0 Å². The lowest BCUT2D eigenvalue weighted by atomic mass is 10.2. The first-order valence-electron chi connectivity index (χ1n) is 8.08. The molecule has 0 saturated heterocycles. The van der Waals surface area contributed by atoms with Crippen LogP contribution in [-0.2, 0) is 4.74 Å². The van der Waals surface area contributed by atoms with Gasteiger partial charge in [-0.2, -0.15) is 0 Å². The van der Waals surface area contributed by atoms with E-state index in [1.165, 1.54) is 38.5 Å². The highest BCUT2D eigenvalue weighted by molar-refractivity contribution is 4.59. The lowest BCUT2D eigenvalue weighted by Crippen LogP contribution is -2.40. The van der Waals surface area contributed by atoms with Crippen LogP contribution in [0.2, 0.25) is 0 Å². The quantitative estimate of drug-likeness (QED) is 0.395. The van der Waals surface area contributed by atoms with Gasteiger partial charge in [-0.05, 0) is 40.8 Å². The predicted molar refractivity (Wildman–Crippen MR) is 84.3 cm³/mol. The highest BCUT2D eigenvalue weighted by Gasteiger charge is 2.15. The van der Waals surface area contributed by atoms with E-state index in [1.807, 2.05) is 0 Å². The van der Waals surface area contributed by atoms with Crippen LogP contribution in [-0.4, -0.2) is 49.4 Å². The van der Waals surface area contributed by atoms with Crippen LogP contribution < -0.4 is 0 Å². The van der Waals surface area contributed by atoms with Crippen molar-refractivity contribution in [2.75, 3.05) is 27.2 Å². The van der Waals surface area contributed by atoms with E-state index in [9.17, 15) is 0 Å². The first kappa shape index (κ1) is 18.9. The fraction of sp³-hybridized carbons (Fsp3) is 1.00. The summed E-state index contributed by atoms with van der Waals surface area (Å²) in [6, 6.07) is 0. The second kappa shape index (κ2) is 11.7. The molecule has 0 spiro atoms. The van der Waals surface area contributed by atoms with Gasteiger partial charge in [0.2, 0.25) is 0 Å². The van der Waals surface area contributed by atoms with Crippen molar-refractivity contribution in [3.8, 4) is 0 Å². The van der Waals surface area contributed by atoms with Crippen LogP contribution in [0.25, 0.3) is 0 Å². The van der Waals surface area contributed by atoms with Crippen LogP contribution in [0.4, 0.5) is 0 Å². The summed E-state index contributed by atoms with van der Waals surface area (Å²) in [5.74, 6) is 0. The van der Waals surface area contributed by atoms with Crippen LogP contribution in [0.5, 0.6) is 0 Å². The zero-order chi connectivity index (χ0) is 14.7. The van der Waals surface area contributed by atoms with E-state index in [0.717, 1.165) is 13.1 Å². The van der Waals surface area contributed by atoms with Crippen molar-refractivity contribution in [2.45, 2.75) is 78.7 Å². The SMILES string of the molecule is CCCCCN(C)C(C)OC(C)N(C)CCCCC. The average Bonchev–Trinajstić information content (AvgIpc) is 2.38. The Balaban J connectivity index is 3.85. The molecule has 3 heteroatoms. The number of nitrogens with zero attached hydrogens (tertiary/aromatic N) is 2. The van der Waals surface area contributed by atoms with Crippen molar-refractivity contribution in [1.82, 2.24) is 9.80 Å². The molecule has 0 radical (unpaired) electrons. The van der Waals surface area contributed by atoms with Crippen molar-refractivity contribution in [1.29, 1.82) is 0 Å². The van der Waals surface area contributed by atoms with Gasteiger partial charge < -0.3 is 4.74 Å². The molecule has 0 rings (SSSR count). The third kappa shape index (κ3) is 9.42. The minimum atomic E-state index is 0.195. The Morgan fingerprint density at radius 2 is 1.11 bits per heavy atom. The fourth-order valence-electron chi connectivity index (χ4n) is 2.08. The maximum atomic E-state index is 6.09. The Kier molecular flexibility index (Phi) is 11.6. The number of rotatable bonds is 12. The van der Waals surface area contributed by atoms with E-state index in [2.05, 4.69) is 51.6 Å². The highest BCUT2D eigenvalue weighted by atomic mass is 16.5. The van der Waals surface area contributed by atoms with Gasteiger partial charge >= 0.3 is 0 Å². The monoisotopic (exact) mass is 272 g/mol. The summed E-state index contributed by atoms with van der Waals surface area (Å²) in [5.41, 5.74) is 0. The molecule has 0 bridgehead atoms. The van der Waals surface area contributed by atoms with Gasteiger partial charge in [0.25, 0.3) is 0 Å². The summed E-state index contributed by atoms with van der Waals surface area (Å²) >= 11 is 0. The first-order valence-corrected chi connectivity index (χ1v) is 8.08. The zero-order valence-corrected chi connectivity index (χ0v) is 14.1. The molecular formula is C16H36N2O. The number of hydrogen-bond donors (Lipinski definition) is 0. The maximum absolute atomic E-state index is 6.09. The summed E-state index contributed by atoms with van der Waals surface area (Å²) in [6.07, 6.45) is 8.09. The summed E-state index contributed by atoms with van der Waals surface area (Å²) in [4.78, 5) is 4.62. The molecule has 116 valence electrons. The largest absolute Gasteiger partial charge is 0.345 e. The Morgan fingerprint density at radius 1 is 0.737 bits per heavy atom. The van der Waals surface area contributed by atoms with E-state index in [-0.39, 0.29) is 12.5 Å². The van der Waals surface area contributed by atoms with Crippen LogP contribution in [0.1, 0.15) is 66.2 Å². The van der Waals surface area contributed by atoms with E-state index >= 15 is 0 Å². The molecule has 0 aliphatic heterocycles. The molecule has 0 aromatic rings. The molecule has 0 fully saturated rings. The van der Waals surface area contributed by atoms with Gasteiger partial charge in [-0.25, -0.2) is 0 Å². The summed E-state index contributed by atoms with van der Waals surface area (Å²) in [5, 5.41) is 0. The second-order valence-electron chi connectivity index (χ2n) is 5.71. The molecule has 3 nitrogen and oxygen atoms in total. The summed E-state index contributed by atoms with van der Waals surface area (Å²) in [7, 11) is 4.31.